The molecule has 2 aromatic rings. The number of thiazole rings is 1. The maximum absolute atomic E-state index is 5.75. The number of hydrogen-bond acceptors (Lipinski definition) is 5. The summed E-state index contributed by atoms with van der Waals surface area (Å²) in [7, 11) is 1.62. The fraction of sp³-hybridized carbons (Fsp3) is 0.286. The molecule has 106 valence electrons. The average molecular weight is 308 g/mol. The highest BCUT2D eigenvalue weighted by Gasteiger charge is 2.16. The largest absolute Gasteiger partial charge is 0.493 e. The van der Waals surface area contributed by atoms with Crippen LogP contribution in [-0.2, 0) is 11.3 Å². The molecule has 0 aliphatic carbocycles. The van der Waals surface area contributed by atoms with Crippen LogP contribution in [0.1, 0.15) is 17.5 Å². The molecule has 2 rings (SSSR count). The number of ether oxygens (including phenoxy) is 2. The normalized spacial score (nSPS) is 10.5. The summed E-state index contributed by atoms with van der Waals surface area (Å²) < 4.78 is 10.8. The van der Waals surface area contributed by atoms with Crippen LogP contribution in [-0.4, -0.2) is 23.7 Å². The van der Waals surface area contributed by atoms with Gasteiger partial charge in [0.05, 0.1) is 29.3 Å². The Morgan fingerprint density at radius 1 is 1.40 bits per heavy atom. The van der Waals surface area contributed by atoms with Crippen LogP contribution < -0.4 is 10.5 Å². The van der Waals surface area contributed by atoms with Crippen LogP contribution in [0.5, 0.6) is 5.75 Å². The van der Waals surface area contributed by atoms with E-state index in [2.05, 4.69) is 4.98 Å². The molecular formula is C14H16N2O2S2. The monoisotopic (exact) mass is 308 g/mol. The predicted molar refractivity (Wildman–Crippen MR) is 85.3 cm³/mol. The molecule has 1 aromatic carbocycles. The molecule has 0 fully saturated rings. The molecule has 0 unspecified atom stereocenters. The fourth-order valence-electron chi connectivity index (χ4n) is 1.82. The number of para-hydroxylation sites is 1. The second-order valence-electron chi connectivity index (χ2n) is 4.02. The summed E-state index contributed by atoms with van der Waals surface area (Å²) in [5, 5.41) is 0.837. The minimum atomic E-state index is 0.342. The topological polar surface area (TPSA) is 57.4 Å². The maximum atomic E-state index is 5.75. The summed E-state index contributed by atoms with van der Waals surface area (Å²) in [6.07, 6.45) is 0. The van der Waals surface area contributed by atoms with Gasteiger partial charge in [0.25, 0.3) is 0 Å². The van der Waals surface area contributed by atoms with E-state index in [-0.39, 0.29) is 0 Å². The Morgan fingerprint density at radius 2 is 2.15 bits per heavy atom. The third kappa shape index (κ3) is 3.15. The first-order valence-corrected chi connectivity index (χ1v) is 7.40. The smallest absolute Gasteiger partial charge is 0.129 e. The van der Waals surface area contributed by atoms with E-state index in [9.17, 15) is 0 Å². The van der Waals surface area contributed by atoms with Crippen molar-refractivity contribution in [2.75, 3.05) is 13.7 Å². The lowest BCUT2D eigenvalue weighted by Gasteiger charge is -2.07. The molecule has 0 aliphatic rings. The second kappa shape index (κ2) is 6.78. The molecule has 0 atom stereocenters. The van der Waals surface area contributed by atoms with Gasteiger partial charge in [-0.05, 0) is 19.1 Å². The van der Waals surface area contributed by atoms with Crippen LogP contribution in [0.4, 0.5) is 0 Å². The van der Waals surface area contributed by atoms with Crippen LogP contribution in [0.2, 0.25) is 0 Å². The molecule has 1 heterocycles. The maximum Gasteiger partial charge on any atom is 0.129 e. The van der Waals surface area contributed by atoms with Gasteiger partial charge in [0.15, 0.2) is 0 Å². The van der Waals surface area contributed by atoms with Crippen LogP contribution >= 0.6 is 23.6 Å². The first kappa shape index (κ1) is 14.9. The highest BCUT2D eigenvalue weighted by atomic mass is 32.1. The molecule has 0 bridgehead atoms. The molecule has 0 saturated carbocycles. The number of nitrogens with two attached hydrogens (primary N) is 1. The molecule has 0 spiro atoms. The second-order valence-corrected chi connectivity index (χ2v) is 5.46. The molecule has 6 heteroatoms. The summed E-state index contributed by atoms with van der Waals surface area (Å²) in [6, 6.07) is 7.79. The Balaban J connectivity index is 2.47. The molecule has 0 amide bonds. The number of methoxy groups -OCH3 is 1. The number of benzene rings is 1. The lowest BCUT2D eigenvalue weighted by atomic mass is 10.2. The summed E-state index contributed by atoms with van der Waals surface area (Å²) in [4.78, 5) is 5.72. The summed E-state index contributed by atoms with van der Waals surface area (Å²) in [5.74, 6) is 0.808. The van der Waals surface area contributed by atoms with Gasteiger partial charge in [-0.25, -0.2) is 4.98 Å². The van der Waals surface area contributed by atoms with Gasteiger partial charge >= 0.3 is 0 Å². The van der Waals surface area contributed by atoms with Crippen molar-refractivity contribution in [1.82, 2.24) is 4.98 Å². The van der Waals surface area contributed by atoms with Gasteiger partial charge in [-0.2, -0.15) is 0 Å². The summed E-state index contributed by atoms with van der Waals surface area (Å²) in [5.41, 5.74) is 7.46. The van der Waals surface area contributed by atoms with E-state index in [1.165, 1.54) is 11.3 Å². The van der Waals surface area contributed by atoms with Gasteiger partial charge in [-0.1, -0.05) is 24.4 Å². The van der Waals surface area contributed by atoms with Gasteiger partial charge in [-0.3, -0.25) is 0 Å². The Bertz CT molecular complexity index is 611. The van der Waals surface area contributed by atoms with Crippen molar-refractivity contribution in [2.24, 2.45) is 5.73 Å². The Morgan fingerprint density at radius 3 is 2.80 bits per heavy atom. The first-order valence-electron chi connectivity index (χ1n) is 6.18. The molecule has 1 aromatic heterocycles. The molecule has 0 saturated heterocycles. The van der Waals surface area contributed by atoms with Gasteiger partial charge in [0.2, 0.25) is 0 Å². The van der Waals surface area contributed by atoms with Crippen LogP contribution in [0, 0.1) is 0 Å². The van der Waals surface area contributed by atoms with Gasteiger partial charge in [0, 0.05) is 7.11 Å². The predicted octanol–water partition coefficient (Wildman–Crippen LogP) is 2.99. The lowest BCUT2D eigenvalue weighted by Crippen LogP contribution is -2.10. The molecule has 20 heavy (non-hydrogen) atoms. The van der Waals surface area contributed by atoms with E-state index in [4.69, 9.17) is 27.4 Å². The summed E-state index contributed by atoms with van der Waals surface area (Å²) in [6.45, 7) is 2.95. The average Bonchev–Trinajstić information content (AvgIpc) is 2.84. The number of aromatic nitrogens is 1. The fourth-order valence-corrected chi connectivity index (χ4v) is 3.01. The molecule has 4 nitrogen and oxygen atoms in total. The number of rotatable bonds is 6. The van der Waals surface area contributed by atoms with Crippen LogP contribution in [0.25, 0.3) is 10.6 Å². The zero-order valence-corrected chi connectivity index (χ0v) is 13.0. The van der Waals surface area contributed by atoms with Crippen molar-refractivity contribution in [3.05, 3.63) is 34.8 Å². The molecule has 2 N–H and O–H groups in total. The van der Waals surface area contributed by atoms with E-state index >= 15 is 0 Å². The van der Waals surface area contributed by atoms with Crippen LogP contribution in [0.15, 0.2) is 24.3 Å². The minimum Gasteiger partial charge on any atom is -0.493 e. The van der Waals surface area contributed by atoms with Gasteiger partial charge in [-0.15, -0.1) is 11.3 Å². The molecule has 0 aliphatic heterocycles. The number of hydrogen-bond donors (Lipinski definition) is 1. The Kier molecular flexibility index (Phi) is 5.05. The molecular weight excluding hydrogens is 292 g/mol. The Labute approximate surface area is 127 Å². The van der Waals surface area contributed by atoms with E-state index < -0.39 is 0 Å². The standard InChI is InChI=1S/C14H16N2O2S2/c1-3-18-11-7-5-4-6-9(11)14-16-10(8-17-2)12(20-14)13(15)19/h4-7H,3,8H2,1-2H3,(H2,15,19). The van der Waals surface area contributed by atoms with Crippen molar-refractivity contribution in [2.45, 2.75) is 13.5 Å². The van der Waals surface area contributed by atoms with Gasteiger partial charge < -0.3 is 15.2 Å². The van der Waals surface area contributed by atoms with Crippen LogP contribution in [0.3, 0.4) is 0 Å². The summed E-state index contributed by atoms with van der Waals surface area (Å²) >= 11 is 6.54. The van der Waals surface area contributed by atoms with Crippen molar-refractivity contribution in [3.8, 4) is 16.3 Å². The third-order valence-corrected chi connectivity index (χ3v) is 4.12. The SMILES string of the molecule is CCOc1ccccc1-c1nc(COC)c(C(N)=S)s1. The van der Waals surface area contributed by atoms with Crippen molar-refractivity contribution in [1.29, 1.82) is 0 Å². The van der Waals surface area contributed by atoms with Crippen molar-refractivity contribution < 1.29 is 9.47 Å². The number of nitrogens with zero attached hydrogens (tertiary/aromatic N) is 1. The van der Waals surface area contributed by atoms with E-state index in [1.807, 2.05) is 31.2 Å². The highest BCUT2D eigenvalue weighted by Crippen LogP contribution is 2.34. The zero-order valence-electron chi connectivity index (χ0n) is 11.4. The van der Waals surface area contributed by atoms with Crippen molar-refractivity contribution in [3.63, 3.8) is 0 Å². The first-order chi connectivity index (χ1) is 9.67. The number of thiocarbonyl (C=S) groups is 1. The van der Waals surface area contributed by atoms with Crippen molar-refractivity contribution >= 4 is 28.5 Å². The quantitative estimate of drug-likeness (QED) is 0.831. The van der Waals surface area contributed by atoms with E-state index in [0.29, 0.717) is 18.2 Å². The highest BCUT2D eigenvalue weighted by molar-refractivity contribution is 7.81. The Hall–Kier alpha value is -1.50. The third-order valence-electron chi connectivity index (χ3n) is 2.62. The van der Waals surface area contributed by atoms with Gasteiger partial charge in [0.1, 0.15) is 15.7 Å². The zero-order chi connectivity index (χ0) is 14.5. The van der Waals surface area contributed by atoms with E-state index in [0.717, 1.165) is 26.9 Å². The molecule has 0 radical (unpaired) electrons. The minimum absolute atomic E-state index is 0.342. The van der Waals surface area contributed by atoms with E-state index in [1.54, 1.807) is 7.11 Å². The lowest BCUT2D eigenvalue weighted by molar-refractivity contribution is 0.182.